The third-order valence-corrected chi connectivity index (χ3v) is 6.53. The zero-order valence-corrected chi connectivity index (χ0v) is 18.7. The molecule has 0 unspecified atom stereocenters. The maximum atomic E-state index is 13.3. The summed E-state index contributed by atoms with van der Waals surface area (Å²) in [4.78, 5) is 12.7. The summed E-state index contributed by atoms with van der Waals surface area (Å²) in [5, 5.41) is 3.31. The van der Waals surface area contributed by atoms with Gasteiger partial charge in [-0.05, 0) is 75.7 Å². The average molecular weight is 439 g/mol. The maximum Gasteiger partial charge on any atom is 0.264 e. The summed E-state index contributed by atoms with van der Waals surface area (Å²) in [7, 11) is -3.98. The summed E-state index contributed by atoms with van der Waals surface area (Å²) in [6.45, 7) is 7.75. The van der Waals surface area contributed by atoms with Gasteiger partial charge in [-0.15, -0.1) is 0 Å². The molecule has 1 N–H and O–H groups in total. The molecule has 8 heteroatoms. The Morgan fingerprint density at radius 3 is 2.17 bits per heavy atom. The summed E-state index contributed by atoms with van der Waals surface area (Å²) in [5.41, 5.74) is -0.0705. The summed E-state index contributed by atoms with van der Waals surface area (Å²) in [6, 6.07) is 12.5. The number of benzene rings is 2. The molecular formula is C21H27ClN2O4S. The molecule has 0 fully saturated rings. The molecule has 1 amide bonds. The SMILES string of the molecule is CCOc1ccc(N(CC(=O)NC(C)(C)CC)S(=O)(=O)c2ccc(Cl)cc2)cc1. The fourth-order valence-corrected chi connectivity index (χ4v) is 4.11. The number of amides is 1. The Morgan fingerprint density at radius 2 is 1.66 bits per heavy atom. The van der Waals surface area contributed by atoms with Crippen LogP contribution in [0.3, 0.4) is 0 Å². The van der Waals surface area contributed by atoms with E-state index in [-0.39, 0.29) is 17.3 Å². The number of hydrogen-bond donors (Lipinski definition) is 1. The van der Waals surface area contributed by atoms with Crippen molar-refractivity contribution in [2.75, 3.05) is 17.5 Å². The molecule has 0 radical (unpaired) electrons. The number of rotatable bonds is 9. The van der Waals surface area contributed by atoms with Gasteiger partial charge in [0.25, 0.3) is 10.0 Å². The molecule has 2 rings (SSSR count). The van der Waals surface area contributed by atoms with Gasteiger partial charge in [-0.3, -0.25) is 9.10 Å². The molecule has 0 aliphatic carbocycles. The van der Waals surface area contributed by atoms with Gasteiger partial charge in [0.1, 0.15) is 12.3 Å². The van der Waals surface area contributed by atoms with Crippen LogP contribution < -0.4 is 14.4 Å². The van der Waals surface area contributed by atoms with Gasteiger partial charge in [0, 0.05) is 10.6 Å². The molecule has 0 bridgehead atoms. The molecule has 29 heavy (non-hydrogen) atoms. The van der Waals surface area contributed by atoms with Crippen molar-refractivity contribution < 1.29 is 17.9 Å². The number of nitrogens with zero attached hydrogens (tertiary/aromatic N) is 1. The van der Waals surface area contributed by atoms with Crippen LogP contribution in [0.1, 0.15) is 34.1 Å². The molecule has 0 atom stereocenters. The number of carbonyl (C=O) groups excluding carboxylic acids is 1. The number of carbonyl (C=O) groups is 1. The van der Waals surface area contributed by atoms with E-state index in [2.05, 4.69) is 5.32 Å². The molecule has 0 heterocycles. The zero-order valence-electron chi connectivity index (χ0n) is 17.1. The smallest absolute Gasteiger partial charge is 0.264 e. The summed E-state index contributed by atoms with van der Waals surface area (Å²) < 4.78 is 33.1. The fraction of sp³-hybridized carbons (Fsp3) is 0.381. The highest BCUT2D eigenvalue weighted by Gasteiger charge is 2.29. The van der Waals surface area contributed by atoms with E-state index in [1.807, 2.05) is 27.7 Å². The van der Waals surface area contributed by atoms with E-state index in [9.17, 15) is 13.2 Å². The van der Waals surface area contributed by atoms with Crippen LogP contribution in [0.5, 0.6) is 5.75 Å². The van der Waals surface area contributed by atoms with Crippen molar-refractivity contribution in [1.29, 1.82) is 0 Å². The van der Waals surface area contributed by atoms with Crippen LogP contribution in [0, 0.1) is 0 Å². The van der Waals surface area contributed by atoms with Crippen molar-refractivity contribution in [2.24, 2.45) is 0 Å². The lowest BCUT2D eigenvalue weighted by Gasteiger charge is -2.28. The number of anilines is 1. The molecule has 0 aromatic heterocycles. The number of nitrogens with one attached hydrogen (secondary N) is 1. The van der Waals surface area contributed by atoms with Crippen molar-refractivity contribution in [3.8, 4) is 5.75 Å². The van der Waals surface area contributed by atoms with E-state index in [0.29, 0.717) is 29.5 Å². The third-order valence-electron chi connectivity index (χ3n) is 4.49. The first-order chi connectivity index (χ1) is 13.6. The van der Waals surface area contributed by atoms with E-state index in [1.54, 1.807) is 24.3 Å². The van der Waals surface area contributed by atoms with Crippen LogP contribution in [0.25, 0.3) is 0 Å². The quantitative estimate of drug-likeness (QED) is 0.635. The van der Waals surface area contributed by atoms with Gasteiger partial charge in [0.05, 0.1) is 17.2 Å². The molecule has 6 nitrogen and oxygen atoms in total. The van der Waals surface area contributed by atoms with Crippen LogP contribution in [-0.4, -0.2) is 33.0 Å². The maximum absolute atomic E-state index is 13.3. The Bertz CT molecular complexity index is 926. The molecule has 0 aliphatic heterocycles. The zero-order chi connectivity index (χ0) is 21.7. The van der Waals surface area contributed by atoms with Crippen molar-refractivity contribution in [1.82, 2.24) is 5.32 Å². The summed E-state index contributed by atoms with van der Waals surface area (Å²) in [5.74, 6) is 0.236. The highest BCUT2D eigenvalue weighted by molar-refractivity contribution is 7.92. The second kappa shape index (κ2) is 9.50. The first kappa shape index (κ1) is 23.0. The molecular weight excluding hydrogens is 412 g/mol. The van der Waals surface area contributed by atoms with E-state index < -0.39 is 15.6 Å². The fourth-order valence-electron chi connectivity index (χ4n) is 2.56. The predicted molar refractivity (Wildman–Crippen MR) is 116 cm³/mol. The molecule has 0 saturated heterocycles. The normalized spacial score (nSPS) is 11.8. The van der Waals surface area contributed by atoms with Gasteiger partial charge in [0.15, 0.2) is 0 Å². The highest BCUT2D eigenvalue weighted by Crippen LogP contribution is 2.26. The van der Waals surface area contributed by atoms with E-state index in [1.165, 1.54) is 24.3 Å². The Balaban J connectivity index is 2.41. The standard InChI is InChI=1S/C21H27ClN2O4S/c1-5-21(3,4)23-20(25)15-24(17-9-11-18(12-10-17)28-6-2)29(26,27)19-13-7-16(22)8-14-19/h7-14H,5-6,15H2,1-4H3,(H,23,25). The monoisotopic (exact) mass is 438 g/mol. The lowest BCUT2D eigenvalue weighted by molar-refractivity contribution is -0.121. The minimum Gasteiger partial charge on any atom is -0.494 e. The Kier molecular flexibility index (Phi) is 7.54. The molecule has 158 valence electrons. The van der Waals surface area contributed by atoms with Crippen molar-refractivity contribution in [3.63, 3.8) is 0 Å². The number of halogens is 1. The second-order valence-electron chi connectivity index (χ2n) is 7.18. The molecule has 2 aromatic rings. The lowest BCUT2D eigenvalue weighted by Crippen LogP contribution is -2.48. The molecule has 2 aromatic carbocycles. The van der Waals surface area contributed by atoms with Crippen LogP contribution >= 0.6 is 11.6 Å². The van der Waals surface area contributed by atoms with Crippen LogP contribution in [0.4, 0.5) is 5.69 Å². The van der Waals surface area contributed by atoms with Gasteiger partial charge in [0.2, 0.25) is 5.91 Å². The number of ether oxygens (including phenoxy) is 1. The topological polar surface area (TPSA) is 75.7 Å². The van der Waals surface area contributed by atoms with Crippen molar-refractivity contribution in [3.05, 3.63) is 53.6 Å². The molecule has 0 saturated carbocycles. The minimum atomic E-state index is -3.98. The van der Waals surface area contributed by atoms with E-state index in [4.69, 9.17) is 16.3 Å². The Hall–Kier alpha value is -2.25. The van der Waals surface area contributed by atoms with Crippen LogP contribution in [0.2, 0.25) is 5.02 Å². The predicted octanol–water partition coefficient (Wildman–Crippen LogP) is 4.24. The van der Waals surface area contributed by atoms with Gasteiger partial charge in [-0.2, -0.15) is 0 Å². The number of sulfonamides is 1. The average Bonchev–Trinajstić information content (AvgIpc) is 2.67. The number of hydrogen-bond acceptors (Lipinski definition) is 4. The van der Waals surface area contributed by atoms with E-state index >= 15 is 0 Å². The first-order valence-electron chi connectivity index (χ1n) is 9.41. The van der Waals surface area contributed by atoms with Crippen LogP contribution in [0.15, 0.2) is 53.4 Å². The van der Waals surface area contributed by atoms with E-state index in [0.717, 1.165) is 4.31 Å². The van der Waals surface area contributed by atoms with Crippen LogP contribution in [-0.2, 0) is 14.8 Å². The van der Waals surface area contributed by atoms with Gasteiger partial charge < -0.3 is 10.1 Å². The molecule has 0 spiro atoms. The summed E-state index contributed by atoms with van der Waals surface area (Å²) in [6.07, 6.45) is 0.714. The van der Waals surface area contributed by atoms with Gasteiger partial charge >= 0.3 is 0 Å². The van der Waals surface area contributed by atoms with Gasteiger partial charge in [-0.1, -0.05) is 18.5 Å². The second-order valence-corrected chi connectivity index (χ2v) is 9.48. The minimum absolute atomic E-state index is 0.0540. The Morgan fingerprint density at radius 1 is 1.07 bits per heavy atom. The largest absolute Gasteiger partial charge is 0.494 e. The first-order valence-corrected chi connectivity index (χ1v) is 11.2. The third kappa shape index (κ3) is 6.11. The van der Waals surface area contributed by atoms with Crippen molar-refractivity contribution >= 4 is 33.2 Å². The Labute approximate surface area is 177 Å². The molecule has 0 aliphatic rings. The highest BCUT2D eigenvalue weighted by atomic mass is 35.5. The lowest BCUT2D eigenvalue weighted by atomic mass is 10.0. The summed E-state index contributed by atoms with van der Waals surface area (Å²) >= 11 is 5.89. The van der Waals surface area contributed by atoms with Crippen molar-refractivity contribution in [2.45, 2.75) is 44.6 Å². The van der Waals surface area contributed by atoms with Gasteiger partial charge in [-0.25, -0.2) is 8.42 Å².